The largest absolute Gasteiger partial charge is 0.346 e. The number of nitrogens with one attached hydrogen (secondary N) is 2. The Morgan fingerprint density at radius 3 is 2.58 bits per heavy atom. The summed E-state index contributed by atoms with van der Waals surface area (Å²) >= 11 is 6.03. The molecule has 1 saturated carbocycles. The minimum atomic E-state index is -4.09. The fourth-order valence-corrected chi connectivity index (χ4v) is 6.39. The van der Waals surface area contributed by atoms with Gasteiger partial charge in [-0.15, -0.1) is 0 Å². The number of fused-ring (bicyclic) bond motifs is 1. The monoisotopic (exact) mass is 557 g/mol. The van der Waals surface area contributed by atoms with Crippen LogP contribution in [0.3, 0.4) is 0 Å². The Balaban J connectivity index is 1.57. The first-order valence-electron chi connectivity index (χ1n) is 11.9. The summed E-state index contributed by atoms with van der Waals surface area (Å²) in [6.07, 6.45) is 2.68. The number of aromatic nitrogens is 1. The van der Waals surface area contributed by atoms with Crippen LogP contribution in [0.2, 0.25) is 5.02 Å². The second-order valence-corrected chi connectivity index (χ2v) is 11.8. The molecule has 1 aromatic heterocycles. The number of carbonyl (C=O) groups is 1. The van der Waals surface area contributed by atoms with E-state index in [9.17, 15) is 9.00 Å². The third kappa shape index (κ3) is 4.76. The Morgan fingerprint density at radius 2 is 1.87 bits per heavy atom. The number of nitrogens with zero attached hydrogens (tertiary/aromatic N) is 1. The normalized spacial score (nSPS) is 15.3. The molecule has 0 spiro atoms. The van der Waals surface area contributed by atoms with Crippen molar-refractivity contribution in [3.05, 3.63) is 100.0 Å². The van der Waals surface area contributed by atoms with E-state index < -0.39 is 39.5 Å². The van der Waals surface area contributed by atoms with Gasteiger partial charge in [-0.3, -0.25) is 9.78 Å². The lowest BCUT2D eigenvalue weighted by molar-refractivity contribution is -0.00238. The van der Waals surface area contributed by atoms with E-state index in [0.717, 1.165) is 19.0 Å². The maximum absolute atomic E-state index is 15.4. The molecule has 5 rings (SSSR count). The Kier molecular flexibility index (Phi) is 6.69. The van der Waals surface area contributed by atoms with Crippen molar-refractivity contribution in [3.63, 3.8) is 0 Å². The lowest BCUT2D eigenvalue weighted by Gasteiger charge is -2.20. The molecule has 1 fully saturated rings. The van der Waals surface area contributed by atoms with Crippen LogP contribution in [-0.2, 0) is 15.7 Å². The molecule has 1 unspecified atom stereocenters. The molecule has 1 aliphatic rings. The molecule has 196 valence electrons. The Labute approximate surface area is 223 Å². The van der Waals surface area contributed by atoms with Gasteiger partial charge in [0.25, 0.3) is 11.8 Å². The first kappa shape index (κ1) is 26.2. The minimum Gasteiger partial charge on any atom is -0.346 e. The van der Waals surface area contributed by atoms with E-state index in [-0.39, 0.29) is 31.7 Å². The van der Waals surface area contributed by atoms with Gasteiger partial charge >= 0.3 is 0 Å². The van der Waals surface area contributed by atoms with Crippen LogP contribution in [0.15, 0.2) is 76.7 Å². The van der Waals surface area contributed by atoms with Crippen LogP contribution in [0.4, 0.5) is 13.2 Å². The van der Waals surface area contributed by atoms with E-state index >= 15 is 13.2 Å². The summed E-state index contributed by atoms with van der Waals surface area (Å²) in [5, 5.41) is 2.28. The van der Waals surface area contributed by atoms with Crippen LogP contribution in [0.25, 0.3) is 10.9 Å². The topological polar surface area (TPSA) is 82.9 Å². The maximum Gasteiger partial charge on any atom is 0.291 e. The van der Waals surface area contributed by atoms with Crippen LogP contribution >= 0.6 is 11.6 Å². The highest BCUT2D eigenvalue weighted by Gasteiger charge is 2.36. The summed E-state index contributed by atoms with van der Waals surface area (Å²) in [6, 6.07) is 14.8. The second kappa shape index (κ2) is 9.71. The fraction of sp³-hybridized carbons (Fsp3) is 0.214. The SMILES string of the molecule is Cc1ccc(C(F)(F)CNC(=O)c2c(S(=N)(=O)c3cccc(C4CC4)c3F)cnc3ccccc23)c(Cl)c1. The Morgan fingerprint density at radius 1 is 1.13 bits per heavy atom. The molecular formula is C28H23ClF3N3O2S. The predicted octanol–water partition coefficient (Wildman–Crippen LogP) is 7.20. The number of amides is 1. The zero-order valence-electron chi connectivity index (χ0n) is 20.2. The molecule has 1 atom stereocenters. The van der Waals surface area contributed by atoms with E-state index in [1.54, 1.807) is 31.2 Å². The third-order valence-electron chi connectivity index (χ3n) is 6.59. The number of aryl methyl sites for hydroxylation is 1. The molecular weight excluding hydrogens is 535 g/mol. The lowest BCUT2D eigenvalue weighted by Crippen LogP contribution is -2.36. The van der Waals surface area contributed by atoms with Crippen LogP contribution in [0.5, 0.6) is 0 Å². The molecule has 4 aromatic rings. The van der Waals surface area contributed by atoms with Crippen molar-refractivity contribution in [3.8, 4) is 0 Å². The first-order chi connectivity index (χ1) is 18.0. The quantitative estimate of drug-likeness (QED) is 0.252. The lowest BCUT2D eigenvalue weighted by atomic mass is 10.1. The first-order valence-corrected chi connectivity index (χ1v) is 13.8. The van der Waals surface area contributed by atoms with Gasteiger partial charge < -0.3 is 5.32 Å². The smallest absolute Gasteiger partial charge is 0.291 e. The molecule has 0 saturated heterocycles. The molecule has 10 heteroatoms. The number of benzene rings is 3. The summed E-state index contributed by atoms with van der Waals surface area (Å²) < 4.78 is 68.2. The van der Waals surface area contributed by atoms with Crippen molar-refractivity contribution < 1.29 is 22.2 Å². The van der Waals surface area contributed by atoms with Crippen LogP contribution in [-0.4, -0.2) is 21.6 Å². The predicted molar refractivity (Wildman–Crippen MR) is 140 cm³/mol. The molecule has 2 N–H and O–H groups in total. The third-order valence-corrected chi connectivity index (χ3v) is 8.76. The number of para-hydroxylation sites is 1. The summed E-state index contributed by atoms with van der Waals surface area (Å²) in [4.78, 5) is 16.9. The highest BCUT2D eigenvalue weighted by atomic mass is 35.5. The van der Waals surface area contributed by atoms with Gasteiger partial charge in [0.15, 0.2) is 0 Å². The molecule has 3 aromatic carbocycles. The number of hydrogen-bond donors (Lipinski definition) is 2. The van der Waals surface area contributed by atoms with E-state index in [1.165, 1.54) is 36.4 Å². The van der Waals surface area contributed by atoms with Crippen molar-refractivity contribution in [1.29, 1.82) is 4.78 Å². The molecule has 0 aliphatic heterocycles. The molecule has 5 nitrogen and oxygen atoms in total. The highest BCUT2D eigenvalue weighted by molar-refractivity contribution is 7.92. The van der Waals surface area contributed by atoms with Gasteiger partial charge in [-0.1, -0.05) is 54.1 Å². The zero-order valence-corrected chi connectivity index (χ0v) is 21.8. The average molecular weight is 558 g/mol. The number of pyridine rings is 1. The zero-order chi connectivity index (χ0) is 27.2. The molecule has 0 bridgehead atoms. The van der Waals surface area contributed by atoms with E-state index in [2.05, 4.69) is 10.3 Å². The molecule has 1 heterocycles. The van der Waals surface area contributed by atoms with Gasteiger partial charge in [-0.25, -0.2) is 13.4 Å². The van der Waals surface area contributed by atoms with Crippen molar-refractivity contribution in [2.24, 2.45) is 0 Å². The second-order valence-electron chi connectivity index (χ2n) is 9.37. The molecule has 1 amide bonds. The highest BCUT2D eigenvalue weighted by Crippen LogP contribution is 2.43. The van der Waals surface area contributed by atoms with Gasteiger partial charge in [0, 0.05) is 17.1 Å². The van der Waals surface area contributed by atoms with E-state index in [4.69, 9.17) is 16.4 Å². The fourth-order valence-electron chi connectivity index (χ4n) is 4.44. The molecule has 38 heavy (non-hydrogen) atoms. The van der Waals surface area contributed by atoms with Crippen molar-refractivity contribution in [1.82, 2.24) is 10.3 Å². The number of alkyl halides is 2. The van der Waals surface area contributed by atoms with Crippen LogP contribution < -0.4 is 5.32 Å². The van der Waals surface area contributed by atoms with Gasteiger partial charge in [0.05, 0.1) is 32.4 Å². The minimum absolute atomic E-state index is 0.00141. The van der Waals surface area contributed by atoms with Gasteiger partial charge in [-0.05, 0) is 55.0 Å². The maximum atomic E-state index is 15.4. The average Bonchev–Trinajstić information content (AvgIpc) is 3.72. The van der Waals surface area contributed by atoms with E-state index in [0.29, 0.717) is 16.6 Å². The van der Waals surface area contributed by atoms with Crippen molar-refractivity contribution >= 4 is 38.1 Å². The van der Waals surface area contributed by atoms with Crippen LogP contribution in [0.1, 0.15) is 45.8 Å². The number of hydrogen-bond acceptors (Lipinski definition) is 4. The number of halogens is 4. The summed E-state index contributed by atoms with van der Waals surface area (Å²) in [5.74, 6) is -5.26. The molecule has 1 aliphatic carbocycles. The van der Waals surface area contributed by atoms with Crippen molar-refractivity contribution in [2.45, 2.75) is 41.4 Å². The Hall–Kier alpha value is -3.43. The van der Waals surface area contributed by atoms with Gasteiger partial charge in [0.1, 0.15) is 15.5 Å². The van der Waals surface area contributed by atoms with Gasteiger partial charge in [-0.2, -0.15) is 8.78 Å². The summed E-state index contributed by atoms with van der Waals surface area (Å²) in [6.45, 7) is 0.614. The van der Waals surface area contributed by atoms with Gasteiger partial charge in [0.2, 0.25) is 0 Å². The van der Waals surface area contributed by atoms with E-state index in [1.807, 2.05) is 0 Å². The van der Waals surface area contributed by atoms with Crippen molar-refractivity contribution in [2.75, 3.05) is 6.54 Å². The molecule has 0 radical (unpaired) electrons. The number of carbonyl (C=O) groups excluding carboxylic acids is 1. The number of rotatable bonds is 7. The standard InChI is InChI=1S/C28H23ClF3N3O2S/c1-16-9-12-20(21(29)13-16)28(31,32)15-35-27(36)25-19-5-2-3-7-22(19)34-14-24(25)38(33,37)23-8-4-6-18(26(23)30)17-10-11-17/h2-9,12-14,17,33H,10-11,15H2,1H3,(H,35,36). The summed E-state index contributed by atoms with van der Waals surface area (Å²) in [5.41, 5.74) is 0.689. The van der Waals surface area contributed by atoms with Crippen LogP contribution in [0, 0.1) is 17.5 Å². The summed E-state index contributed by atoms with van der Waals surface area (Å²) in [7, 11) is -4.09. The Bertz CT molecular complexity index is 1690.